The molecule has 2 rings (SSSR count). The van der Waals surface area contributed by atoms with Crippen LogP contribution in [0, 0.1) is 5.41 Å². The lowest BCUT2D eigenvalue weighted by Crippen LogP contribution is -2.36. The summed E-state index contributed by atoms with van der Waals surface area (Å²) < 4.78 is 27.4. The maximum Gasteiger partial charge on any atom is 0.244 e. The van der Waals surface area contributed by atoms with Gasteiger partial charge >= 0.3 is 0 Å². The summed E-state index contributed by atoms with van der Waals surface area (Å²) in [6.07, 6.45) is 2.85. The highest BCUT2D eigenvalue weighted by atomic mass is 79.9. The Morgan fingerprint density at radius 1 is 1.20 bits per heavy atom. The molecule has 110 valence electrons. The van der Waals surface area contributed by atoms with Crippen molar-refractivity contribution in [1.82, 2.24) is 4.31 Å². The van der Waals surface area contributed by atoms with Crippen LogP contribution < -0.4 is 0 Å². The predicted octanol–water partition coefficient (Wildman–Crippen LogP) is 3.82. The third-order valence-corrected chi connectivity index (χ3v) is 6.47. The van der Waals surface area contributed by atoms with Crippen LogP contribution in [-0.2, 0) is 10.0 Å². The second-order valence-corrected chi connectivity index (χ2v) is 8.78. The van der Waals surface area contributed by atoms with Gasteiger partial charge in [0.15, 0.2) is 0 Å². The molecule has 1 aliphatic heterocycles. The molecule has 0 aliphatic carbocycles. The average Bonchev–Trinajstić information content (AvgIpc) is 2.38. The number of rotatable bonds is 2. The zero-order chi connectivity index (χ0) is 15.0. The van der Waals surface area contributed by atoms with E-state index in [0.717, 1.165) is 6.42 Å². The normalized spacial score (nSPS) is 17.9. The third kappa shape index (κ3) is 3.15. The van der Waals surface area contributed by atoms with Crippen molar-refractivity contribution in [3.63, 3.8) is 0 Å². The lowest BCUT2D eigenvalue weighted by molar-refractivity contribution is 0.389. The van der Waals surface area contributed by atoms with Crippen molar-refractivity contribution in [3.05, 3.63) is 40.4 Å². The van der Waals surface area contributed by atoms with Crippen LogP contribution in [0.25, 0.3) is 0 Å². The predicted molar refractivity (Wildman–Crippen MR) is 85.1 cm³/mol. The van der Waals surface area contributed by atoms with Gasteiger partial charge in [0.2, 0.25) is 10.0 Å². The van der Waals surface area contributed by atoms with Gasteiger partial charge in [0, 0.05) is 17.6 Å². The molecule has 1 aliphatic rings. The molecule has 0 amide bonds. The third-order valence-electron chi connectivity index (χ3n) is 3.59. The molecule has 1 heterocycles. The summed E-state index contributed by atoms with van der Waals surface area (Å²) in [5, 5.41) is 0. The van der Waals surface area contributed by atoms with Gasteiger partial charge in [-0.15, -0.1) is 0 Å². The van der Waals surface area contributed by atoms with E-state index in [9.17, 15) is 8.42 Å². The molecule has 0 saturated carbocycles. The van der Waals surface area contributed by atoms with Gasteiger partial charge in [-0.1, -0.05) is 44.6 Å². The summed E-state index contributed by atoms with van der Waals surface area (Å²) >= 11 is 3.32. The minimum atomic E-state index is -3.42. The largest absolute Gasteiger partial charge is 0.244 e. The van der Waals surface area contributed by atoms with Gasteiger partial charge in [0.05, 0.1) is 4.90 Å². The monoisotopic (exact) mass is 357 g/mol. The smallest absolute Gasteiger partial charge is 0.207 e. The number of hydrogen-bond acceptors (Lipinski definition) is 2. The van der Waals surface area contributed by atoms with Crippen LogP contribution in [0.5, 0.6) is 0 Å². The Morgan fingerprint density at radius 2 is 1.85 bits per heavy atom. The molecular formula is C15H20BrNO2S. The first-order chi connectivity index (χ1) is 9.23. The molecule has 20 heavy (non-hydrogen) atoms. The van der Waals surface area contributed by atoms with E-state index in [1.54, 1.807) is 22.5 Å². The molecule has 0 atom stereocenters. The minimum absolute atomic E-state index is 0.114. The minimum Gasteiger partial charge on any atom is -0.207 e. The van der Waals surface area contributed by atoms with Gasteiger partial charge in [-0.25, -0.2) is 8.42 Å². The fourth-order valence-corrected chi connectivity index (χ4v) is 4.69. The van der Waals surface area contributed by atoms with E-state index < -0.39 is 10.0 Å². The van der Waals surface area contributed by atoms with Crippen molar-refractivity contribution >= 4 is 26.0 Å². The van der Waals surface area contributed by atoms with Gasteiger partial charge in [-0.3, -0.25) is 0 Å². The van der Waals surface area contributed by atoms with Crippen LogP contribution in [0.2, 0.25) is 0 Å². The van der Waals surface area contributed by atoms with Gasteiger partial charge in [0.1, 0.15) is 0 Å². The van der Waals surface area contributed by atoms with Crippen LogP contribution in [0.1, 0.15) is 27.2 Å². The molecule has 0 aromatic heterocycles. The zero-order valence-electron chi connectivity index (χ0n) is 12.1. The topological polar surface area (TPSA) is 37.4 Å². The van der Waals surface area contributed by atoms with Crippen molar-refractivity contribution in [3.8, 4) is 0 Å². The van der Waals surface area contributed by atoms with Gasteiger partial charge in [-0.2, -0.15) is 4.31 Å². The average molecular weight is 358 g/mol. The van der Waals surface area contributed by atoms with Crippen LogP contribution in [-0.4, -0.2) is 25.8 Å². The van der Waals surface area contributed by atoms with E-state index in [0.29, 0.717) is 22.5 Å². The highest BCUT2D eigenvalue weighted by Crippen LogP contribution is 2.32. The standard InChI is InChI=1S/C15H20BrNO2S/c1-15(2,3)12-8-10-17(11-9-12)20(18,19)14-7-5-4-6-13(14)16/h4-8H,9-11H2,1-3H3. The number of hydrogen-bond donors (Lipinski definition) is 0. The Kier molecular flexibility index (Phi) is 4.42. The zero-order valence-corrected chi connectivity index (χ0v) is 14.5. The van der Waals surface area contributed by atoms with Crippen LogP contribution >= 0.6 is 15.9 Å². The maximum absolute atomic E-state index is 12.6. The van der Waals surface area contributed by atoms with Crippen LogP contribution in [0.3, 0.4) is 0 Å². The van der Waals surface area contributed by atoms with Crippen molar-refractivity contribution in [1.29, 1.82) is 0 Å². The van der Waals surface area contributed by atoms with E-state index in [4.69, 9.17) is 0 Å². The summed E-state index contributed by atoms with van der Waals surface area (Å²) in [6.45, 7) is 7.49. The molecule has 5 heteroatoms. The highest BCUT2D eigenvalue weighted by molar-refractivity contribution is 9.10. The Bertz CT molecular complexity index is 630. The summed E-state index contributed by atoms with van der Waals surface area (Å²) in [6, 6.07) is 6.96. The van der Waals surface area contributed by atoms with E-state index in [2.05, 4.69) is 42.8 Å². The lowest BCUT2D eigenvalue weighted by Gasteiger charge is -2.31. The molecular weight excluding hydrogens is 338 g/mol. The molecule has 0 spiro atoms. The Hall–Kier alpha value is -0.650. The van der Waals surface area contributed by atoms with Crippen LogP contribution in [0.4, 0.5) is 0 Å². The van der Waals surface area contributed by atoms with E-state index in [1.165, 1.54) is 5.57 Å². The number of nitrogens with zero attached hydrogens (tertiary/aromatic N) is 1. The first-order valence-electron chi connectivity index (χ1n) is 6.67. The first-order valence-corrected chi connectivity index (χ1v) is 8.90. The van der Waals surface area contributed by atoms with Gasteiger partial charge < -0.3 is 0 Å². The molecule has 0 fully saturated rings. The molecule has 1 aromatic rings. The van der Waals surface area contributed by atoms with E-state index >= 15 is 0 Å². The maximum atomic E-state index is 12.6. The first kappa shape index (κ1) is 15.7. The summed E-state index contributed by atoms with van der Waals surface area (Å²) in [7, 11) is -3.42. The second kappa shape index (κ2) is 5.62. The van der Waals surface area contributed by atoms with E-state index in [-0.39, 0.29) is 5.41 Å². The van der Waals surface area contributed by atoms with Crippen molar-refractivity contribution in [2.45, 2.75) is 32.1 Å². The van der Waals surface area contributed by atoms with Crippen LogP contribution in [0.15, 0.2) is 45.3 Å². The highest BCUT2D eigenvalue weighted by Gasteiger charge is 2.29. The van der Waals surface area contributed by atoms with E-state index in [1.807, 2.05) is 6.07 Å². The summed E-state index contributed by atoms with van der Waals surface area (Å²) in [5.74, 6) is 0. The molecule has 0 radical (unpaired) electrons. The van der Waals surface area contributed by atoms with Crippen molar-refractivity contribution < 1.29 is 8.42 Å². The fraction of sp³-hybridized carbons (Fsp3) is 0.467. The molecule has 0 bridgehead atoms. The van der Waals surface area contributed by atoms with Gasteiger partial charge in [-0.05, 0) is 39.9 Å². The van der Waals surface area contributed by atoms with Crippen molar-refractivity contribution in [2.75, 3.05) is 13.1 Å². The molecule has 3 nitrogen and oxygen atoms in total. The van der Waals surface area contributed by atoms with Gasteiger partial charge in [0.25, 0.3) is 0 Å². The SMILES string of the molecule is CC(C)(C)C1=CCN(S(=O)(=O)c2ccccc2Br)CC1. The lowest BCUT2D eigenvalue weighted by atomic mass is 9.83. The molecule has 0 N–H and O–H groups in total. The number of halogens is 1. The fourth-order valence-electron chi connectivity index (χ4n) is 2.34. The quantitative estimate of drug-likeness (QED) is 0.754. The summed E-state index contributed by atoms with van der Waals surface area (Å²) in [5.41, 5.74) is 1.44. The number of benzene rings is 1. The Labute approximate surface area is 129 Å². The molecule has 0 saturated heterocycles. The number of sulfonamides is 1. The molecule has 1 aromatic carbocycles. The Balaban J connectivity index is 2.27. The summed E-state index contributed by atoms with van der Waals surface area (Å²) in [4.78, 5) is 0.340. The second-order valence-electron chi connectivity index (χ2n) is 6.02. The van der Waals surface area contributed by atoms with Crippen molar-refractivity contribution in [2.24, 2.45) is 5.41 Å². The Morgan fingerprint density at radius 3 is 2.35 bits per heavy atom. The molecule has 0 unspecified atom stereocenters.